The first-order valence-electron chi connectivity index (χ1n) is 9.87. The van der Waals surface area contributed by atoms with E-state index >= 15 is 0 Å². The Kier molecular flexibility index (Phi) is 7.05. The zero-order valence-electron chi connectivity index (χ0n) is 17.9. The van der Waals surface area contributed by atoms with Crippen molar-refractivity contribution >= 4 is 33.3 Å². The lowest BCUT2D eigenvalue weighted by Crippen LogP contribution is -2.31. The number of carbonyl (C=O) groups is 1. The highest BCUT2D eigenvalue weighted by molar-refractivity contribution is 9.10. The van der Waals surface area contributed by atoms with Crippen LogP contribution in [0.5, 0.6) is 11.5 Å². The van der Waals surface area contributed by atoms with Crippen molar-refractivity contribution in [1.82, 2.24) is 9.78 Å². The topological polar surface area (TPSA) is 114 Å². The Bertz CT molecular complexity index is 1110. The summed E-state index contributed by atoms with van der Waals surface area (Å²) in [6.07, 6.45) is 2.33. The molecular formula is C22H25BrFN5O3. The number of carbonyl (C=O) groups excluding carboxylic acids is 1. The normalized spacial score (nSPS) is 11.3. The van der Waals surface area contributed by atoms with Crippen molar-refractivity contribution in [3.8, 4) is 22.8 Å². The van der Waals surface area contributed by atoms with Crippen LogP contribution in [0.25, 0.3) is 11.3 Å². The van der Waals surface area contributed by atoms with Gasteiger partial charge < -0.3 is 26.2 Å². The van der Waals surface area contributed by atoms with Crippen LogP contribution < -0.4 is 21.1 Å². The lowest BCUT2D eigenvalue weighted by molar-refractivity contribution is 0.103. The monoisotopic (exact) mass is 505 g/mol. The summed E-state index contributed by atoms with van der Waals surface area (Å²) in [5.74, 6) is -0.367. The van der Waals surface area contributed by atoms with E-state index in [0.717, 1.165) is 22.3 Å². The third-order valence-electron chi connectivity index (χ3n) is 4.73. The van der Waals surface area contributed by atoms with Gasteiger partial charge in [0.25, 0.3) is 0 Å². The number of anilines is 2. The Morgan fingerprint density at radius 2 is 2.03 bits per heavy atom. The van der Waals surface area contributed by atoms with E-state index in [9.17, 15) is 14.3 Å². The predicted octanol–water partition coefficient (Wildman–Crippen LogP) is 4.84. The van der Waals surface area contributed by atoms with Gasteiger partial charge in [0.1, 0.15) is 22.9 Å². The first-order chi connectivity index (χ1) is 15.1. The van der Waals surface area contributed by atoms with Crippen LogP contribution in [-0.2, 0) is 7.05 Å². The van der Waals surface area contributed by atoms with Crippen LogP contribution in [0, 0.1) is 5.82 Å². The Hall–Kier alpha value is -3.11. The molecule has 1 heterocycles. The van der Waals surface area contributed by atoms with E-state index in [1.807, 2.05) is 13.8 Å². The quantitative estimate of drug-likeness (QED) is 0.343. The standard InChI is InChI=1S/C22H25BrFN5O3/c1-22(2,8-9-25)32-19-7-5-14(11-15(19)20-16(23)12-26-29(20)3)27-21(31)28-17-6-4-13(24)10-18(17)30/h4-7,10-12,30H,8-9,25H2,1-3H3,(H2,27,28,31). The third-order valence-corrected chi connectivity index (χ3v) is 5.31. The molecule has 0 aliphatic carbocycles. The van der Waals surface area contributed by atoms with E-state index in [-0.39, 0.29) is 11.4 Å². The molecule has 0 aliphatic rings. The van der Waals surface area contributed by atoms with Crippen LogP contribution >= 0.6 is 15.9 Å². The number of nitrogens with zero attached hydrogens (tertiary/aromatic N) is 2. The van der Waals surface area contributed by atoms with E-state index in [4.69, 9.17) is 10.5 Å². The second-order valence-electron chi connectivity index (χ2n) is 7.82. The molecule has 2 aromatic carbocycles. The van der Waals surface area contributed by atoms with Crippen molar-refractivity contribution in [3.05, 3.63) is 52.9 Å². The molecule has 5 N–H and O–H groups in total. The van der Waals surface area contributed by atoms with Crippen LogP contribution in [0.2, 0.25) is 0 Å². The summed E-state index contributed by atoms with van der Waals surface area (Å²) in [6.45, 7) is 4.39. The first kappa shape index (κ1) is 23.6. The van der Waals surface area contributed by atoms with E-state index in [2.05, 4.69) is 31.7 Å². The molecule has 0 aliphatic heterocycles. The summed E-state index contributed by atoms with van der Waals surface area (Å²) in [5, 5.41) is 19.3. The molecule has 0 unspecified atom stereocenters. The zero-order valence-corrected chi connectivity index (χ0v) is 19.5. The number of urea groups is 1. The highest BCUT2D eigenvalue weighted by Crippen LogP contribution is 2.38. The van der Waals surface area contributed by atoms with Gasteiger partial charge in [-0.25, -0.2) is 9.18 Å². The molecule has 3 aromatic rings. The maximum absolute atomic E-state index is 13.2. The van der Waals surface area contributed by atoms with Crippen molar-refractivity contribution in [2.45, 2.75) is 25.9 Å². The number of aromatic nitrogens is 2. The molecule has 0 bridgehead atoms. The van der Waals surface area contributed by atoms with Crippen LogP contribution in [0.15, 0.2) is 47.1 Å². The Labute approximate surface area is 193 Å². The third kappa shape index (κ3) is 5.57. The van der Waals surface area contributed by atoms with Crippen molar-refractivity contribution < 1.29 is 19.0 Å². The smallest absolute Gasteiger partial charge is 0.323 e. The Balaban J connectivity index is 1.91. The number of hydrogen-bond acceptors (Lipinski definition) is 5. The fourth-order valence-corrected chi connectivity index (χ4v) is 3.75. The predicted molar refractivity (Wildman–Crippen MR) is 125 cm³/mol. The number of nitrogens with two attached hydrogens (primary N) is 1. The molecule has 10 heteroatoms. The summed E-state index contributed by atoms with van der Waals surface area (Å²) in [6, 6.07) is 7.97. The number of phenolic OH excluding ortho intramolecular Hbond substituents is 1. The minimum Gasteiger partial charge on any atom is -0.506 e. The van der Waals surface area contributed by atoms with Gasteiger partial charge in [0.15, 0.2) is 0 Å². The zero-order chi connectivity index (χ0) is 23.5. The number of aryl methyl sites for hydroxylation is 1. The average Bonchev–Trinajstić information content (AvgIpc) is 3.03. The highest BCUT2D eigenvalue weighted by Gasteiger charge is 2.23. The molecule has 1 aromatic heterocycles. The molecule has 0 saturated heterocycles. The number of amides is 2. The number of ether oxygens (including phenoxy) is 1. The summed E-state index contributed by atoms with van der Waals surface area (Å²) in [5.41, 5.74) is 7.26. The molecule has 170 valence electrons. The molecule has 0 atom stereocenters. The lowest BCUT2D eigenvalue weighted by Gasteiger charge is -2.27. The molecule has 8 nitrogen and oxygen atoms in total. The van der Waals surface area contributed by atoms with Crippen molar-refractivity contribution in [2.24, 2.45) is 12.8 Å². The second-order valence-corrected chi connectivity index (χ2v) is 8.67. The van der Waals surface area contributed by atoms with E-state index in [1.165, 1.54) is 6.07 Å². The van der Waals surface area contributed by atoms with Gasteiger partial charge in [-0.15, -0.1) is 0 Å². The molecule has 32 heavy (non-hydrogen) atoms. The number of hydrogen-bond donors (Lipinski definition) is 4. The molecular weight excluding hydrogens is 481 g/mol. The molecule has 2 amide bonds. The van der Waals surface area contributed by atoms with Gasteiger partial charge in [0.2, 0.25) is 0 Å². The van der Waals surface area contributed by atoms with Crippen LogP contribution in [-0.4, -0.2) is 33.1 Å². The van der Waals surface area contributed by atoms with Crippen molar-refractivity contribution in [3.63, 3.8) is 0 Å². The maximum atomic E-state index is 13.2. The summed E-state index contributed by atoms with van der Waals surface area (Å²) in [7, 11) is 1.80. The highest BCUT2D eigenvalue weighted by atomic mass is 79.9. The minimum atomic E-state index is -0.604. The van der Waals surface area contributed by atoms with Gasteiger partial charge in [0.05, 0.1) is 22.1 Å². The number of phenols is 1. The lowest BCUT2D eigenvalue weighted by atomic mass is 10.0. The Morgan fingerprint density at radius 3 is 2.66 bits per heavy atom. The van der Waals surface area contributed by atoms with Gasteiger partial charge in [-0.1, -0.05) is 0 Å². The van der Waals surface area contributed by atoms with Gasteiger partial charge in [-0.2, -0.15) is 5.10 Å². The van der Waals surface area contributed by atoms with Crippen LogP contribution in [0.4, 0.5) is 20.6 Å². The summed E-state index contributed by atoms with van der Waals surface area (Å²) < 4.78 is 21.9. The Morgan fingerprint density at radius 1 is 1.28 bits per heavy atom. The van der Waals surface area contributed by atoms with Gasteiger partial charge >= 0.3 is 6.03 Å². The van der Waals surface area contributed by atoms with Crippen LogP contribution in [0.3, 0.4) is 0 Å². The number of halogens is 2. The molecule has 0 radical (unpaired) electrons. The fourth-order valence-electron chi connectivity index (χ4n) is 3.19. The molecule has 0 spiro atoms. The van der Waals surface area contributed by atoms with E-state index < -0.39 is 17.4 Å². The largest absolute Gasteiger partial charge is 0.506 e. The number of rotatable bonds is 7. The van der Waals surface area contributed by atoms with Gasteiger partial charge in [-0.3, -0.25) is 4.68 Å². The first-order valence-corrected chi connectivity index (χ1v) is 10.7. The maximum Gasteiger partial charge on any atom is 0.323 e. The minimum absolute atomic E-state index is 0.0852. The van der Waals surface area contributed by atoms with E-state index in [0.29, 0.717) is 30.0 Å². The van der Waals surface area contributed by atoms with Gasteiger partial charge in [0, 0.05) is 24.4 Å². The van der Waals surface area contributed by atoms with E-state index in [1.54, 1.807) is 36.1 Å². The summed E-state index contributed by atoms with van der Waals surface area (Å²) >= 11 is 3.51. The van der Waals surface area contributed by atoms with Crippen molar-refractivity contribution in [2.75, 3.05) is 17.2 Å². The number of benzene rings is 2. The molecule has 3 rings (SSSR count). The second kappa shape index (κ2) is 9.58. The SMILES string of the molecule is Cn1ncc(Br)c1-c1cc(NC(=O)Nc2ccc(F)cc2O)ccc1OC(C)(C)CCN. The van der Waals surface area contributed by atoms with Crippen molar-refractivity contribution in [1.29, 1.82) is 0 Å². The number of aromatic hydroxyl groups is 1. The van der Waals surface area contributed by atoms with Gasteiger partial charge in [-0.05, 0) is 73.1 Å². The molecule has 0 saturated carbocycles. The number of nitrogens with one attached hydrogen (secondary N) is 2. The fraction of sp³-hybridized carbons (Fsp3) is 0.273. The summed E-state index contributed by atoms with van der Waals surface area (Å²) in [4.78, 5) is 12.5. The molecule has 0 fully saturated rings. The van der Waals surface area contributed by atoms with Crippen LogP contribution in [0.1, 0.15) is 20.3 Å². The average molecular weight is 506 g/mol.